The van der Waals surface area contributed by atoms with E-state index in [1.54, 1.807) is 0 Å². The second-order valence-corrected chi connectivity index (χ2v) is 7.42. The fourth-order valence-corrected chi connectivity index (χ4v) is 3.07. The smallest absolute Gasteiger partial charge is 0.244 e. The molecular formula is C22H21BrN2O2. The van der Waals surface area contributed by atoms with Crippen LogP contribution in [0.5, 0.6) is 0 Å². The number of nitrogens with one attached hydrogen (secondary N) is 1. The summed E-state index contributed by atoms with van der Waals surface area (Å²) >= 11 is 3.53. The summed E-state index contributed by atoms with van der Waals surface area (Å²) in [5.74, 6) is 1.17. The average molecular weight is 425 g/mol. The fourth-order valence-electron chi connectivity index (χ4n) is 2.69. The molecule has 138 valence electrons. The minimum Gasteiger partial charge on any atom is -0.455 e. The van der Waals surface area contributed by atoms with Crippen molar-refractivity contribution in [3.63, 3.8) is 0 Å². The van der Waals surface area contributed by atoms with Gasteiger partial charge in [0.2, 0.25) is 5.91 Å². The molecule has 27 heavy (non-hydrogen) atoms. The number of hydrogen-bond acceptors (Lipinski definition) is 3. The predicted molar refractivity (Wildman–Crippen MR) is 112 cm³/mol. The maximum atomic E-state index is 12.1. The molecule has 2 aromatic carbocycles. The summed E-state index contributed by atoms with van der Waals surface area (Å²) in [5, 5.41) is 4.00. The van der Waals surface area contributed by atoms with Gasteiger partial charge in [0.15, 0.2) is 0 Å². The van der Waals surface area contributed by atoms with Gasteiger partial charge in [-0.3, -0.25) is 4.79 Å². The summed E-state index contributed by atoms with van der Waals surface area (Å²) in [7, 11) is 0. The lowest BCUT2D eigenvalue weighted by Gasteiger charge is -2.05. The van der Waals surface area contributed by atoms with Crippen molar-refractivity contribution in [2.75, 3.05) is 0 Å². The third-order valence-corrected chi connectivity index (χ3v) is 5.17. The molecule has 1 aromatic heterocycles. The molecule has 0 radical (unpaired) electrons. The number of carbonyl (C=O) groups is 1. The fraction of sp³-hybridized carbons (Fsp3) is 0.182. The number of carbonyl (C=O) groups excluding carboxylic acids is 1. The Bertz CT molecular complexity index is 1010. The molecule has 0 atom stereocenters. The second kappa shape index (κ2) is 8.35. The van der Waals surface area contributed by atoms with Gasteiger partial charge < -0.3 is 4.42 Å². The molecule has 0 saturated heterocycles. The highest BCUT2D eigenvalue weighted by molar-refractivity contribution is 9.10. The quantitative estimate of drug-likeness (QED) is 0.444. The maximum Gasteiger partial charge on any atom is 0.244 e. The Morgan fingerprint density at radius 3 is 2.63 bits per heavy atom. The first kappa shape index (κ1) is 19.1. The minimum atomic E-state index is -0.158. The molecule has 1 amide bonds. The Hall–Kier alpha value is -2.66. The van der Waals surface area contributed by atoms with Crippen molar-refractivity contribution in [1.82, 2.24) is 5.43 Å². The van der Waals surface area contributed by atoms with Gasteiger partial charge in [0.25, 0.3) is 0 Å². The van der Waals surface area contributed by atoms with Crippen LogP contribution in [0, 0.1) is 20.8 Å². The van der Waals surface area contributed by atoms with Crippen LogP contribution in [-0.2, 0) is 11.2 Å². The molecule has 0 saturated carbocycles. The van der Waals surface area contributed by atoms with Gasteiger partial charge in [-0.1, -0.05) is 51.8 Å². The summed E-state index contributed by atoms with van der Waals surface area (Å²) < 4.78 is 6.81. The molecule has 3 aromatic rings. The highest BCUT2D eigenvalue weighted by atomic mass is 79.9. The molecule has 1 heterocycles. The Labute approximate surface area is 167 Å². The van der Waals surface area contributed by atoms with Gasteiger partial charge in [-0.25, -0.2) is 5.43 Å². The molecule has 0 unspecified atom stereocenters. The van der Waals surface area contributed by atoms with Gasteiger partial charge in [0, 0.05) is 10.0 Å². The number of aryl methyl sites for hydroxylation is 3. The van der Waals surface area contributed by atoms with Crippen molar-refractivity contribution in [3.05, 3.63) is 81.0 Å². The average Bonchev–Trinajstić information content (AvgIpc) is 3.09. The maximum absolute atomic E-state index is 12.1. The van der Waals surface area contributed by atoms with E-state index in [1.807, 2.05) is 69.3 Å². The summed E-state index contributed by atoms with van der Waals surface area (Å²) in [4.78, 5) is 12.1. The van der Waals surface area contributed by atoms with E-state index in [0.29, 0.717) is 12.2 Å². The van der Waals surface area contributed by atoms with Crippen molar-refractivity contribution in [1.29, 1.82) is 0 Å². The lowest BCUT2D eigenvalue weighted by Crippen LogP contribution is -2.20. The Morgan fingerprint density at radius 1 is 1.07 bits per heavy atom. The van der Waals surface area contributed by atoms with E-state index in [-0.39, 0.29) is 5.91 Å². The van der Waals surface area contributed by atoms with Gasteiger partial charge in [-0.2, -0.15) is 5.10 Å². The summed E-state index contributed by atoms with van der Waals surface area (Å²) in [5.41, 5.74) is 7.94. The molecular weight excluding hydrogens is 404 g/mol. The number of benzene rings is 2. The molecule has 0 spiro atoms. The number of hydrogen-bond donors (Lipinski definition) is 1. The van der Waals surface area contributed by atoms with Crippen molar-refractivity contribution in [3.8, 4) is 11.3 Å². The third kappa shape index (κ3) is 4.95. The van der Waals surface area contributed by atoms with E-state index >= 15 is 0 Å². The van der Waals surface area contributed by atoms with Gasteiger partial charge in [-0.05, 0) is 55.7 Å². The molecule has 3 rings (SSSR count). The van der Waals surface area contributed by atoms with E-state index in [4.69, 9.17) is 4.42 Å². The summed E-state index contributed by atoms with van der Waals surface area (Å²) in [6.07, 6.45) is 1.80. The largest absolute Gasteiger partial charge is 0.455 e. The van der Waals surface area contributed by atoms with Crippen LogP contribution < -0.4 is 5.43 Å². The van der Waals surface area contributed by atoms with Gasteiger partial charge in [-0.15, -0.1) is 0 Å². The van der Waals surface area contributed by atoms with Gasteiger partial charge in [0.1, 0.15) is 11.5 Å². The van der Waals surface area contributed by atoms with Crippen LogP contribution in [0.4, 0.5) is 0 Å². The second-order valence-electron chi connectivity index (χ2n) is 6.57. The van der Waals surface area contributed by atoms with Gasteiger partial charge in [0.05, 0.1) is 12.6 Å². The highest BCUT2D eigenvalue weighted by Crippen LogP contribution is 2.26. The van der Waals surface area contributed by atoms with Crippen LogP contribution in [0.2, 0.25) is 0 Å². The predicted octanol–water partition coefficient (Wildman–Crippen LogP) is 5.33. The van der Waals surface area contributed by atoms with Crippen LogP contribution in [0.3, 0.4) is 0 Å². The molecule has 0 bridgehead atoms. The zero-order valence-corrected chi connectivity index (χ0v) is 17.1. The van der Waals surface area contributed by atoms with E-state index in [9.17, 15) is 4.79 Å². The SMILES string of the molecule is Cc1ccc(C)c(CC(=O)N/N=C\c2ccc(-c3ccc(C)c(Br)c3)o2)c1. The highest BCUT2D eigenvalue weighted by Gasteiger charge is 2.07. The number of furan rings is 1. The van der Waals surface area contributed by atoms with E-state index < -0.39 is 0 Å². The Morgan fingerprint density at radius 2 is 1.85 bits per heavy atom. The number of rotatable bonds is 5. The van der Waals surface area contributed by atoms with Crippen LogP contribution in [0.1, 0.15) is 28.0 Å². The molecule has 0 aliphatic heterocycles. The zero-order valence-electron chi connectivity index (χ0n) is 15.5. The molecule has 0 aliphatic carbocycles. The van der Waals surface area contributed by atoms with Crippen molar-refractivity contribution in [2.24, 2.45) is 5.10 Å². The summed E-state index contributed by atoms with van der Waals surface area (Å²) in [6.45, 7) is 6.05. The number of hydrazone groups is 1. The standard InChI is InChI=1S/C22H21BrN2O2/c1-14-4-5-15(2)18(10-14)12-22(26)25-24-13-19-8-9-21(27-19)17-7-6-16(3)20(23)11-17/h4-11,13H,12H2,1-3H3,(H,25,26)/b24-13-. The van der Waals surface area contributed by atoms with E-state index in [0.717, 1.165) is 32.5 Å². The number of amides is 1. The first-order valence-electron chi connectivity index (χ1n) is 8.67. The molecule has 0 aliphatic rings. The zero-order chi connectivity index (χ0) is 19.4. The normalized spacial score (nSPS) is 11.1. The van der Waals surface area contributed by atoms with Crippen molar-refractivity contribution < 1.29 is 9.21 Å². The molecule has 5 heteroatoms. The molecule has 0 fully saturated rings. The Kier molecular flexibility index (Phi) is 5.91. The first-order chi connectivity index (χ1) is 12.9. The van der Waals surface area contributed by atoms with Gasteiger partial charge >= 0.3 is 0 Å². The minimum absolute atomic E-state index is 0.158. The molecule has 1 N–H and O–H groups in total. The first-order valence-corrected chi connectivity index (χ1v) is 9.46. The lowest BCUT2D eigenvalue weighted by atomic mass is 10.0. The lowest BCUT2D eigenvalue weighted by molar-refractivity contribution is -0.120. The van der Waals surface area contributed by atoms with Crippen LogP contribution in [-0.4, -0.2) is 12.1 Å². The summed E-state index contributed by atoms with van der Waals surface area (Å²) in [6, 6.07) is 15.8. The third-order valence-electron chi connectivity index (χ3n) is 4.32. The topological polar surface area (TPSA) is 54.6 Å². The van der Waals surface area contributed by atoms with Crippen LogP contribution in [0.15, 0.2) is 62.5 Å². The monoisotopic (exact) mass is 424 g/mol. The Balaban J connectivity index is 1.61. The van der Waals surface area contributed by atoms with Crippen LogP contribution in [0.25, 0.3) is 11.3 Å². The number of nitrogens with zero attached hydrogens (tertiary/aromatic N) is 1. The number of halogens is 1. The van der Waals surface area contributed by atoms with E-state index in [2.05, 4.69) is 26.5 Å². The van der Waals surface area contributed by atoms with Crippen molar-refractivity contribution in [2.45, 2.75) is 27.2 Å². The van der Waals surface area contributed by atoms with E-state index in [1.165, 1.54) is 11.8 Å². The molecule has 4 nitrogen and oxygen atoms in total. The van der Waals surface area contributed by atoms with Crippen LogP contribution >= 0.6 is 15.9 Å². The van der Waals surface area contributed by atoms with Crippen molar-refractivity contribution >= 4 is 28.1 Å².